The lowest BCUT2D eigenvalue weighted by Gasteiger charge is -2.21. The SMILES string of the molecule is Cc1occc1C(=O)NCC(C)(O)CC(=O)O. The molecular weight excluding hydrogens is 226 g/mol. The number of carbonyl (C=O) groups excluding carboxylic acids is 1. The highest BCUT2D eigenvalue weighted by Gasteiger charge is 2.25. The Hall–Kier alpha value is -1.82. The van der Waals surface area contributed by atoms with E-state index in [0.29, 0.717) is 11.3 Å². The van der Waals surface area contributed by atoms with Gasteiger partial charge in [-0.1, -0.05) is 0 Å². The molecule has 6 nitrogen and oxygen atoms in total. The van der Waals surface area contributed by atoms with Crippen LogP contribution < -0.4 is 5.32 Å². The van der Waals surface area contributed by atoms with Gasteiger partial charge < -0.3 is 19.9 Å². The van der Waals surface area contributed by atoms with Crippen molar-refractivity contribution in [2.75, 3.05) is 6.54 Å². The highest BCUT2D eigenvalue weighted by molar-refractivity contribution is 5.95. The van der Waals surface area contributed by atoms with Crippen LogP contribution in [0.1, 0.15) is 29.5 Å². The number of furan rings is 1. The van der Waals surface area contributed by atoms with Crippen molar-refractivity contribution in [3.8, 4) is 0 Å². The maximum atomic E-state index is 11.6. The van der Waals surface area contributed by atoms with Crippen LogP contribution in [0.25, 0.3) is 0 Å². The number of nitrogens with one attached hydrogen (secondary N) is 1. The topological polar surface area (TPSA) is 99.8 Å². The van der Waals surface area contributed by atoms with Gasteiger partial charge in [-0.2, -0.15) is 0 Å². The third kappa shape index (κ3) is 3.92. The summed E-state index contributed by atoms with van der Waals surface area (Å²) in [6.07, 6.45) is 0.956. The predicted octanol–water partition coefficient (Wildman–Crippen LogP) is 0.544. The van der Waals surface area contributed by atoms with E-state index in [1.807, 2.05) is 0 Å². The molecule has 1 aromatic heterocycles. The summed E-state index contributed by atoms with van der Waals surface area (Å²) in [4.78, 5) is 22.1. The summed E-state index contributed by atoms with van der Waals surface area (Å²) in [5.74, 6) is -1.05. The Morgan fingerprint density at radius 3 is 2.65 bits per heavy atom. The lowest BCUT2D eigenvalue weighted by atomic mass is 10.0. The van der Waals surface area contributed by atoms with Crippen LogP contribution in [0, 0.1) is 6.92 Å². The standard InChI is InChI=1S/C11H15NO5/c1-7-8(3-4-17-7)10(15)12-6-11(2,16)5-9(13)14/h3-4,16H,5-6H2,1-2H3,(H,12,15)(H,13,14). The molecule has 1 atom stereocenters. The van der Waals surface area contributed by atoms with Crippen LogP contribution in [0.2, 0.25) is 0 Å². The normalized spacial score (nSPS) is 14.1. The molecular formula is C11H15NO5. The third-order valence-corrected chi connectivity index (χ3v) is 2.27. The van der Waals surface area contributed by atoms with Gasteiger partial charge in [0, 0.05) is 6.54 Å². The van der Waals surface area contributed by atoms with Crippen LogP contribution in [-0.4, -0.2) is 34.2 Å². The van der Waals surface area contributed by atoms with E-state index in [9.17, 15) is 14.7 Å². The third-order valence-electron chi connectivity index (χ3n) is 2.27. The number of hydrogen-bond acceptors (Lipinski definition) is 4. The average molecular weight is 241 g/mol. The molecule has 0 bridgehead atoms. The first kappa shape index (κ1) is 13.2. The molecule has 1 rings (SSSR count). The molecule has 3 N–H and O–H groups in total. The number of carboxylic acids is 1. The fourth-order valence-corrected chi connectivity index (χ4v) is 1.37. The molecule has 0 saturated carbocycles. The van der Waals surface area contributed by atoms with Crippen LogP contribution in [0.5, 0.6) is 0 Å². The Morgan fingerprint density at radius 1 is 1.53 bits per heavy atom. The Morgan fingerprint density at radius 2 is 2.18 bits per heavy atom. The van der Waals surface area contributed by atoms with Gasteiger partial charge in [-0.3, -0.25) is 9.59 Å². The molecule has 0 fully saturated rings. The Balaban J connectivity index is 2.54. The molecule has 6 heteroatoms. The van der Waals surface area contributed by atoms with Gasteiger partial charge in [0.1, 0.15) is 5.76 Å². The summed E-state index contributed by atoms with van der Waals surface area (Å²) in [6, 6.07) is 1.51. The monoisotopic (exact) mass is 241 g/mol. The summed E-state index contributed by atoms with van der Waals surface area (Å²) >= 11 is 0. The minimum absolute atomic E-state index is 0.136. The zero-order valence-electron chi connectivity index (χ0n) is 9.69. The largest absolute Gasteiger partial charge is 0.481 e. The van der Waals surface area contributed by atoms with Gasteiger partial charge in [0.2, 0.25) is 0 Å². The minimum Gasteiger partial charge on any atom is -0.481 e. The van der Waals surface area contributed by atoms with Crippen LogP contribution >= 0.6 is 0 Å². The molecule has 0 saturated heterocycles. The van der Waals surface area contributed by atoms with Crippen LogP contribution in [-0.2, 0) is 4.79 Å². The number of amides is 1. The Labute approximate surface area is 98.2 Å². The van der Waals surface area contributed by atoms with E-state index in [0.717, 1.165) is 0 Å². The van der Waals surface area contributed by atoms with E-state index in [1.54, 1.807) is 6.92 Å². The number of aliphatic hydroxyl groups is 1. The van der Waals surface area contributed by atoms with Crippen molar-refractivity contribution in [3.05, 3.63) is 23.7 Å². The highest BCUT2D eigenvalue weighted by Crippen LogP contribution is 2.10. The van der Waals surface area contributed by atoms with E-state index in [-0.39, 0.29) is 6.54 Å². The van der Waals surface area contributed by atoms with Crippen LogP contribution in [0.4, 0.5) is 0 Å². The molecule has 0 spiro atoms. The van der Waals surface area contributed by atoms with Crippen molar-refractivity contribution in [1.29, 1.82) is 0 Å². The molecule has 1 aromatic rings. The Kier molecular flexibility index (Phi) is 3.90. The van der Waals surface area contributed by atoms with E-state index in [4.69, 9.17) is 9.52 Å². The highest BCUT2D eigenvalue weighted by atomic mass is 16.4. The second-order valence-corrected chi connectivity index (χ2v) is 4.14. The van der Waals surface area contributed by atoms with Crippen molar-refractivity contribution in [2.45, 2.75) is 25.9 Å². The predicted molar refractivity (Wildman–Crippen MR) is 58.7 cm³/mol. The van der Waals surface area contributed by atoms with Crippen molar-refractivity contribution in [3.63, 3.8) is 0 Å². The second-order valence-electron chi connectivity index (χ2n) is 4.14. The van der Waals surface area contributed by atoms with E-state index >= 15 is 0 Å². The summed E-state index contributed by atoms with van der Waals surface area (Å²) in [7, 11) is 0. The smallest absolute Gasteiger partial charge is 0.306 e. The lowest BCUT2D eigenvalue weighted by molar-refractivity contribution is -0.141. The van der Waals surface area contributed by atoms with Gasteiger partial charge >= 0.3 is 5.97 Å². The summed E-state index contributed by atoms with van der Waals surface area (Å²) in [5.41, 5.74) is -1.10. The number of rotatable bonds is 5. The zero-order valence-corrected chi connectivity index (χ0v) is 9.69. The molecule has 0 radical (unpaired) electrons. The van der Waals surface area contributed by atoms with Crippen LogP contribution in [0.15, 0.2) is 16.7 Å². The number of carbonyl (C=O) groups is 2. The maximum Gasteiger partial charge on any atom is 0.306 e. The van der Waals surface area contributed by atoms with Gasteiger partial charge in [0.15, 0.2) is 0 Å². The van der Waals surface area contributed by atoms with E-state index in [2.05, 4.69) is 5.32 Å². The molecule has 0 aliphatic rings. The van der Waals surface area contributed by atoms with Crippen molar-refractivity contribution >= 4 is 11.9 Å². The second kappa shape index (κ2) is 5.01. The van der Waals surface area contributed by atoms with Gasteiger partial charge in [0.05, 0.1) is 23.8 Å². The zero-order chi connectivity index (χ0) is 13.1. The van der Waals surface area contributed by atoms with Gasteiger partial charge in [0.25, 0.3) is 5.91 Å². The molecule has 17 heavy (non-hydrogen) atoms. The van der Waals surface area contributed by atoms with Gasteiger partial charge in [-0.25, -0.2) is 0 Å². The number of hydrogen-bond donors (Lipinski definition) is 3. The van der Waals surface area contributed by atoms with Crippen molar-refractivity contribution < 1.29 is 24.2 Å². The first-order valence-corrected chi connectivity index (χ1v) is 5.08. The summed E-state index contributed by atoms with van der Waals surface area (Å²) in [6.45, 7) is 2.86. The first-order chi connectivity index (χ1) is 7.82. The number of aryl methyl sites for hydroxylation is 1. The fourth-order valence-electron chi connectivity index (χ4n) is 1.37. The average Bonchev–Trinajstić information content (AvgIpc) is 2.59. The molecule has 1 amide bonds. The molecule has 94 valence electrons. The first-order valence-electron chi connectivity index (χ1n) is 5.08. The fraction of sp³-hybridized carbons (Fsp3) is 0.455. The van der Waals surface area contributed by atoms with Gasteiger partial charge in [-0.15, -0.1) is 0 Å². The number of aliphatic carboxylic acids is 1. The summed E-state index contributed by atoms with van der Waals surface area (Å²) < 4.78 is 4.96. The Bertz CT molecular complexity index is 421. The minimum atomic E-state index is -1.47. The van der Waals surface area contributed by atoms with E-state index in [1.165, 1.54) is 19.3 Å². The van der Waals surface area contributed by atoms with Gasteiger partial charge in [-0.05, 0) is 19.9 Å². The lowest BCUT2D eigenvalue weighted by Crippen LogP contribution is -2.42. The molecule has 0 aromatic carbocycles. The molecule has 0 aliphatic heterocycles. The molecule has 1 unspecified atom stereocenters. The quantitative estimate of drug-likeness (QED) is 0.698. The summed E-state index contributed by atoms with van der Waals surface area (Å²) in [5, 5.41) is 20.7. The van der Waals surface area contributed by atoms with Crippen molar-refractivity contribution in [2.24, 2.45) is 0 Å². The molecule has 0 aliphatic carbocycles. The number of carboxylic acid groups (broad SMARTS) is 1. The van der Waals surface area contributed by atoms with E-state index < -0.39 is 23.9 Å². The maximum absolute atomic E-state index is 11.6. The molecule has 1 heterocycles. The van der Waals surface area contributed by atoms with Crippen LogP contribution in [0.3, 0.4) is 0 Å². The van der Waals surface area contributed by atoms with Crippen molar-refractivity contribution in [1.82, 2.24) is 5.32 Å².